The average Bonchev–Trinajstić information content (AvgIpc) is 2.81. The van der Waals surface area contributed by atoms with Crippen molar-refractivity contribution >= 4 is 34.4 Å². The minimum absolute atomic E-state index is 0.133. The first-order valence-corrected chi connectivity index (χ1v) is 6.53. The summed E-state index contributed by atoms with van der Waals surface area (Å²) in [5.74, 6) is -0.630. The number of hydrogen-bond donors (Lipinski definition) is 2. The summed E-state index contributed by atoms with van der Waals surface area (Å²) in [5, 5.41) is 4.24. The van der Waals surface area contributed by atoms with Gasteiger partial charge in [-0.1, -0.05) is 17.7 Å². The second-order valence-corrected chi connectivity index (χ2v) is 5.01. The maximum absolute atomic E-state index is 12.1. The van der Waals surface area contributed by atoms with Crippen molar-refractivity contribution in [2.24, 2.45) is 0 Å². The van der Waals surface area contributed by atoms with Gasteiger partial charge in [0.2, 0.25) is 0 Å². The Morgan fingerprint density at radius 3 is 2.85 bits per heavy atom. The van der Waals surface area contributed by atoms with Gasteiger partial charge in [0.15, 0.2) is 0 Å². The van der Waals surface area contributed by atoms with Crippen LogP contribution < -0.4 is 5.32 Å². The number of benzene rings is 1. The highest BCUT2D eigenvalue weighted by atomic mass is 35.5. The minimum atomic E-state index is -0.360. The number of hydrogen-bond acceptors (Lipinski definition) is 3. The van der Waals surface area contributed by atoms with Crippen molar-refractivity contribution in [3.8, 4) is 0 Å². The molecule has 6 heteroatoms. The fourth-order valence-electron chi connectivity index (χ4n) is 1.91. The van der Waals surface area contributed by atoms with Crippen molar-refractivity contribution in [1.82, 2.24) is 10.3 Å². The molecule has 0 aliphatic rings. The van der Waals surface area contributed by atoms with E-state index in [1.54, 1.807) is 25.1 Å². The molecule has 0 spiro atoms. The van der Waals surface area contributed by atoms with E-state index in [9.17, 15) is 9.59 Å². The van der Waals surface area contributed by atoms with Crippen LogP contribution in [0, 0.1) is 0 Å². The van der Waals surface area contributed by atoms with Crippen LogP contribution in [0.4, 0.5) is 0 Å². The maximum atomic E-state index is 12.1. The molecule has 106 valence electrons. The first-order chi connectivity index (χ1) is 9.49. The van der Waals surface area contributed by atoms with Crippen molar-refractivity contribution < 1.29 is 14.3 Å². The molecule has 0 aliphatic carbocycles. The van der Waals surface area contributed by atoms with E-state index >= 15 is 0 Å². The Morgan fingerprint density at radius 1 is 1.40 bits per heavy atom. The Morgan fingerprint density at radius 2 is 2.15 bits per heavy atom. The zero-order chi connectivity index (χ0) is 14.7. The predicted octanol–water partition coefficient (Wildman–Crippen LogP) is 2.50. The average molecular weight is 295 g/mol. The Bertz CT molecular complexity index is 651. The lowest BCUT2D eigenvalue weighted by Gasteiger charge is -2.11. The highest BCUT2D eigenvalue weighted by Gasteiger charge is 2.15. The van der Waals surface area contributed by atoms with Crippen molar-refractivity contribution in [3.05, 3.63) is 35.0 Å². The summed E-state index contributed by atoms with van der Waals surface area (Å²) in [7, 11) is 1.32. The monoisotopic (exact) mass is 294 g/mol. The van der Waals surface area contributed by atoms with Gasteiger partial charge in [0.25, 0.3) is 5.91 Å². The van der Waals surface area contributed by atoms with E-state index in [0.717, 1.165) is 10.9 Å². The van der Waals surface area contributed by atoms with Crippen molar-refractivity contribution in [2.75, 3.05) is 7.11 Å². The SMILES string of the molecule is COC(=O)C[C@H](C)NC(=O)c1cc2ccc(Cl)cc2[nH]1. The van der Waals surface area contributed by atoms with Gasteiger partial charge in [-0.25, -0.2) is 0 Å². The normalized spacial score (nSPS) is 12.2. The number of ether oxygens (including phenoxy) is 1. The van der Waals surface area contributed by atoms with Crippen molar-refractivity contribution in [1.29, 1.82) is 0 Å². The van der Waals surface area contributed by atoms with Gasteiger partial charge in [0, 0.05) is 22.0 Å². The van der Waals surface area contributed by atoms with Gasteiger partial charge in [-0.2, -0.15) is 0 Å². The molecule has 0 bridgehead atoms. The summed E-state index contributed by atoms with van der Waals surface area (Å²) in [5.41, 5.74) is 1.22. The lowest BCUT2D eigenvalue weighted by atomic mass is 10.2. The number of aromatic amines is 1. The molecule has 0 unspecified atom stereocenters. The number of carbonyl (C=O) groups is 2. The molecule has 1 amide bonds. The number of nitrogens with one attached hydrogen (secondary N) is 2. The third-order valence-electron chi connectivity index (χ3n) is 2.91. The van der Waals surface area contributed by atoms with E-state index in [0.29, 0.717) is 10.7 Å². The fourth-order valence-corrected chi connectivity index (χ4v) is 2.08. The minimum Gasteiger partial charge on any atom is -0.469 e. The molecule has 0 fully saturated rings. The number of carbonyl (C=O) groups excluding carboxylic acids is 2. The predicted molar refractivity (Wildman–Crippen MR) is 76.9 cm³/mol. The van der Waals surface area contributed by atoms with E-state index in [4.69, 9.17) is 11.6 Å². The third kappa shape index (κ3) is 3.30. The van der Waals surface area contributed by atoms with Crippen LogP contribution in [0.5, 0.6) is 0 Å². The summed E-state index contributed by atoms with van der Waals surface area (Å²) in [6.45, 7) is 1.74. The molecule has 0 radical (unpaired) electrons. The molecule has 20 heavy (non-hydrogen) atoms. The van der Waals surface area contributed by atoms with E-state index in [2.05, 4.69) is 15.0 Å². The highest BCUT2D eigenvalue weighted by Crippen LogP contribution is 2.19. The van der Waals surface area contributed by atoms with Crippen LogP contribution in [-0.2, 0) is 9.53 Å². The zero-order valence-electron chi connectivity index (χ0n) is 11.2. The third-order valence-corrected chi connectivity index (χ3v) is 3.14. The smallest absolute Gasteiger partial charge is 0.307 e. The zero-order valence-corrected chi connectivity index (χ0v) is 12.0. The van der Waals surface area contributed by atoms with Crippen LogP contribution in [0.25, 0.3) is 10.9 Å². The summed E-state index contributed by atoms with van der Waals surface area (Å²) in [4.78, 5) is 26.2. The van der Waals surface area contributed by atoms with Gasteiger partial charge in [-0.15, -0.1) is 0 Å². The van der Waals surface area contributed by atoms with E-state index < -0.39 is 0 Å². The number of methoxy groups -OCH3 is 1. The van der Waals surface area contributed by atoms with Crippen molar-refractivity contribution in [2.45, 2.75) is 19.4 Å². The Balaban J connectivity index is 2.09. The second kappa shape index (κ2) is 5.96. The molecule has 1 aromatic carbocycles. The number of amides is 1. The Hall–Kier alpha value is -2.01. The van der Waals surface area contributed by atoms with E-state index in [1.165, 1.54) is 7.11 Å². The standard InChI is InChI=1S/C14H15ClN2O3/c1-8(5-13(18)20-2)16-14(19)12-6-9-3-4-10(15)7-11(9)17-12/h3-4,6-8,17H,5H2,1-2H3,(H,16,19)/t8-/m0/s1. The number of rotatable bonds is 4. The van der Waals surface area contributed by atoms with Gasteiger partial charge in [0.05, 0.1) is 13.5 Å². The molecule has 0 saturated heterocycles. The highest BCUT2D eigenvalue weighted by molar-refractivity contribution is 6.31. The largest absolute Gasteiger partial charge is 0.469 e. The quantitative estimate of drug-likeness (QED) is 0.851. The maximum Gasteiger partial charge on any atom is 0.307 e. The first-order valence-electron chi connectivity index (χ1n) is 6.15. The summed E-state index contributed by atoms with van der Waals surface area (Å²) < 4.78 is 4.56. The summed E-state index contributed by atoms with van der Waals surface area (Å²) >= 11 is 5.89. The molecular weight excluding hydrogens is 280 g/mol. The van der Waals surface area contributed by atoms with Crippen LogP contribution in [-0.4, -0.2) is 30.0 Å². The molecule has 0 saturated carbocycles. The molecule has 2 rings (SSSR count). The summed E-state index contributed by atoms with van der Waals surface area (Å²) in [6.07, 6.45) is 0.133. The molecule has 1 aromatic heterocycles. The van der Waals surface area contributed by atoms with Crippen LogP contribution in [0.2, 0.25) is 5.02 Å². The van der Waals surface area contributed by atoms with Gasteiger partial charge >= 0.3 is 5.97 Å². The van der Waals surface area contributed by atoms with Gasteiger partial charge in [-0.05, 0) is 25.1 Å². The second-order valence-electron chi connectivity index (χ2n) is 4.57. The van der Waals surface area contributed by atoms with Crippen LogP contribution in [0.3, 0.4) is 0 Å². The first kappa shape index (κ1) is 14.4. The molecule has 2 N–H and O–H groups in total. The molecule has 0 aliphatic heterocycles. The lowest BCUT2D eigenvalue weighted by molar-refractivity contribution is -0.141. The number of halogens is 1. The lowest BCUT2D eigenvalue weighted by Crippen LogP contribution is -2.34. The van der Waals surface area contributed by atoms with Crippen LogP contribution in [0.15, 0.2) is 24.3 Å². The van der Waals surface area contributed by atoms with E-state index in [-0.39, 0.29) is 24.3 Å². The fraction of sp³-hybridized carbons (Fsp3) is 0.286. The van der Waals surface area contributed by atoms with Crippen molar-refractivity contribution in [3.63, 3.8) is 0 Å². The number of aromatic nitrogens is 1. The van der Waals surface area contributed by atoms with Gasteiger partial charge in [0.1, 0.15) is 5.69 Å². The van der Waals surface area contributed by atoms with Gasteiger partial charge < -0.3 is 15.0 Å². The molecule has 2 aromatic rings. The number of fused-ring (bicyclic) bond motifs is 1. The molecule has 1 heterocycles. The Labute approximate surface area is 121 Å². The molecule has 1 atom stereocenters. The molecular formula is C14H15ClN2O3. The number of esters is 1. The number of H-pyrrole nitrogens is 1. The van der Waals surface area contributed by atoms with Crippen LogP contribution >= 0.6 is 11.6 Å². The Kier molecular flexibility index (Phi) is 4.29. The van der Waals surface area contributed by atoms with Gasteiger partial charge in [-0.3, -0.25) is 9.59 Å². The van der Waals surface area contributed by atoms with Crippen LogP contribution in [0.1, 0.15) is 23.8 Å². The summed E-state index contributed by atoms with van der Waals surface area (Å²) in [6, 6.07) is 6.80. The van der Waals surface area contributed by atoms with E-state index in [1.807, 2.05) is 6.07 Å². The molecule has 5 nitrogen and oxygen atoms in total. The topological polar surface area (TPSA) is 71.2 Å².